The molecule has 0 atom stereocenters. The Balaban J connectivity index is 0.00000225. The zero-order valence-electron chi connectivity index (χ0n) is 14.5. The molecule has 132 valence electrons. The van der Waals surface area contributed by atoms with Gasteiger partial charge < -0.3 is 10.2 Å². The maximum Gasteiger partial charge on any atom is 0.250 e. The van der Waals surface area contributed by atoms with E-state index in [1.54, 1.807) is 30.3 Å². The van der Waals surface area contributed by atoms with Crippen molar-refractivity contribution in [2.75, 3.05) is 12.4 Å². The number of benzene rings is 2. The largest absolute Gasteiger partial charge is 0.368 e. The molecule has 0 saturated carbocycles. The molecule has 3 rings (SSSR count). The van der Waals surface area contributed by atoms with Crippen LogP contribution in [0.3, 0.4) is 0 Å². The first-order valence-electron chi connectivity index (χ1n) is 7.97. The number of anilines is 1. The van der Waals surface area contributed by atoms with Gasteiger partial charge in [-0.25, -0.2) is 0 Å². The van der Waals surface area contributed by atoms with Crippen molar-refractivity contribution in [2.45, 2.75) is 25.8 Å². The number of amides is 1. The number of carbonyl (C=O) groups excluding carboxylic acids is 1. The van der Waals surface area contributed by atoms with E-state index in [-0.39, 0.29) is 23.9 Å². The molecule has 2 aromatic rings. The molecule has 2 aromatic carbocycles. The van der Waals surface area contributed by atoms with Crippen LogP contribution in [0, 0.1) is 0 Å². The lowest BCUT2D eigenvalue weighted by Crippen LogP contribution is -2.45. The minimum Gasteiger partial charge on any atom is -0.368 e. The molecule has 0 spiro atoms. The highest BCUT2D eigenvalue weighted by molar-refractivity contribution is 6.30. The average molecular weight is 377 g/mol. The molecule has 0 radical (unpaired) electrons. The first-order valence-corrected chi connectivity index (χ1v) is 8.35. The lowest BCUT2D eigenvalue weighted by atomic mass is 9.84. The van der Waals surface area contributed by atoms with E-state index in [0.717, 1.165) is 23.4 Å². The van der Waals surface area contributed by atoms with Crippen LogP contribution in [0.1, 0.15) is 25.0 Å². The molecule has 1 aliphatic heterocycles. The second-order valence-corrected chi connectivity index (χ2v) is 7.17. The number of rotatable bonds is 2. The maximum atomic E-state index is 12.5. The number of nitrogens with zero attached hydrogens (tertiary/aromatic N) is 1. The van der Waals surface area contributed by atoms with E-state index in [4.69, 9.17) is 11.6 Å². The van der Waals surface area contributed by atoms with Crippen LogP contribution in [0.25, 0.3) is 5.70 Å². The summed E-state index contributed by atoms with van der Waals surface area (Å²) in [5.41, 5.74) is 4.01. The highest BCUT2D eigenvalue weighted by Crippen LogP contribution is 2.36. The second kappa shape index (κ2) is 7.51. The molecule has 3 nitrogen and oxygen atoms in total. The molecule has 0 fully saturated rings. The van der Waals surface area contributed by atoms with Crippen LogP contribution in [-0.4, -0.2) is 23.4 Å². The summed E-state index contributed by atoms with van der Waals surface area (Å²) in [6, 6.07) is 15.4. The van der Waals surface area contributed by atoms with Gasteiger partial charge in [0.05, 0.1) is 0 Å². The van der Waals surface area contributed by atoms with E-state index in [2.05, 4.69) is 36.2 Å². The van der Waals surface area contributed by atoms with Gasteiger partial charge in [0, 0.05) is 40.6 Å². The highest BCUT2D eigenvalue weighted by Gasteiger charge is 2.33. The first-order chi connectivity index (χ1) is 11.4. The van der Waals surface area contributed by atoms with Gasteiger partial charge in [0.25, 0.3) is 0 Å². The Morgan fingerprint density at radius 3 is 2.48 bits per heavy atom. The number of hydrogen-bond acceptors (Lipinski definition) is 2. The lowest BCUT2D eigenvalue weighted by Gasteiger charge is -2.44. The van der Waals surface area contributed by atoms with Crippen LogP contribution in [0.4, 0.5) is 5.69 Å². The standard InChI is InChI=1S/C20H21ClN2O.ClH/c1-20(2)13-14-6-4-5-7-17(14)18(23(20)3)12-19(24)22-16-10-8-15(21)9-11-16;/h4-12H,13H2,1-3H3,(H,22,24);1H. The third-order valence-electron chi connectivity index (χ3n) is 4.57. The van der Waals surface area contributed by atoms with E-state index < -0.39 is 0 Å². The zero-order chi connectivity index (χ0) is 17.3. The van der Waals surface area contributed by atoms with Gasteiger partial charge >= 0.3 is 0 Å². The first kappa shape index (κ1) is 19.4. The van der Waals surface area contributed by atoms with Crippen molar-refractivity contribution in [1.29, 1.82) is 0 Å². The molecule has 1 heterocycles. The minimum absolute atomic E-state index is 0. The summed E-state index contributed by atoms with van der Waals surface area (Å²) in [5, 5.41) is 3.54. The van der Waals surface area contributed by atoms with Crippen molar-refractivity contribution >= 4 is 41.3 Å². The summed E-state index contributed by atoms with van der Waals surface area (Å²) < 4.78 is 0. The van der Waals surface area contributed by atoms with E-state index in [1.807, 2.05) is 19.2 Å². The van der Waals surface area contributed by atoms with Gasteiger partial charge in [0.1, 0.15) is 0 Å². The van der Waals surface area contributed by atoms with Gasteiger partial charge in [-0.15, -0.1) is 12.4 Å². The molecule has 5 heteroatoms. The van der Waals surface area contributed by atoms with Gasteiger partial charge in [0.2, 0.25) is 5.91 Å². The topological polar surface area (TPSA) is 32.3 Å². The Morgan fingerprint density at radius 2 is 1.80 bits per heavy atom. The predicted octanol–water partition coefficient (Wildman–Crippen LogP) is 5.01. The van der Waals surface area contributed by atoms with Gasteiger partial charge in [-0.3, -0.25) is 4.79 Å². The van der Waals surface area contributed by atoms with Crippen molar-refractivity contribution in [2.24, 2.45) is 0 Å². The molecule has 1 N–H and O–H groups in total. The molecule has 0 bridgehead atoms. The van der Waals surface area contributed by atoms with Crippen LogP contribution < -0.4 is 5.32 Å². The van der Waals surface area contributed by atoms with Crippen molar-refractivity contribution in [1.82, 2.24) is 4.90 Å². The van der Waals surface area contributed by atoms with Gasteiger partial charge in [-0.1, -0.05) is 35.9 Å². The minimum atomic E-state index is -0.147. The highest BCUT2D eigenvalue weighted by atomic mass is 35.5. The second-order valence-electron chi connectivity index (χ2n) is 6.73. The summed E-state index contributed by atoms with van der Waals surface area (Å²) in [6.07, 6.45) is 2.63. The van der Waals surface area contributed by atoms with Crippen LogP contribution in [0.5, 0.6) is 0 Å². The van der Waals surface area contributed by atoms with E-state index >= 15 is 0 Å². The molecular weight excluding hydrogens is 355 g/mol. The van der Waals surface area contributed by atoms with E-state index in [0.29, 0.717) is 5.02 Å². The van der Waals surface area contributed by atoms with Crippen LogP contribution in [0.2, 0.25) is 5.02 Å². The fourth-order valence-electron chi connectivity index (χ4n) is 3.03. The van der Waals surface area contributed by atoms with Crippen molar-refractivity contribution in [3.63, 3.8) is 0 Å². The molecule has 1 aliphatic rings. The predicted molar refractivity (Wildman–Crippen MR) is 107 cm³/mol. The van der Waals surface area contributed by atoms with Gasteiger partial charge in [-0.2, -0.15) is 0 Å². The number of carbonyl (C=O) groups is 1. The average Bonchev–Trinajstić information content (AvgIpc) is 2.54. The number of halogens is 2. The molecule has 0 aromatic heterocycles. The maximum absolute atomic E-state index is 12.5. The molecule has 0 unspecified atom stereocenters. The smallest absolute Gasteiger partial charge is 0.250 e. The van der Waals surface area contributed by atoms with Crippen LogP contribution in [-0.2, 0) is 11.2 Å². The quantitative estimate of drug-likeness (QED) is 0.747. The monoisotopic (exact) mass is 376 g/mol. The molecule has 25 heavy (non-hydrogen) atoms. The van der Waals surface area contributed by atoms with Gasteiger partial charge in [0.15, 0.2) is 0 Å². The van der Waals surface area contributed by atoms with Crippen molar-refractivity contribution in [3.05, 3.63) is 70.8 Å². The Labute approximate surface area is 160 Å². The van der Waals surface area contributed by atoms with Crippen molar-refractivity contribution in [3.8, 4) is 0 Å². The van der Waals surface area contributed by atoms with Crippen LogP contribution >= 0.6 is 24.0 Å². The Bertz CT molecular complexity index is 798. The molecule has 0 saturated heterocycles. The SMILES string of the molecule is CN1C(=CC(=O)Nc2ccc(Cl)cc2)c2ccccc2CC1(C)C.Cl. The fraction of sp³-hybridized carbons (Fsp3) is 0.250. The van der Waals surface area contributed by atoms with E-state index in [1.165, 1.54) is 5.56 Å². The summed E-state index contributed by atoms with van der Waals surface area (Å²) >= 11 is 5.88. The zero-order valence-corrected chi connectivity index (χ0v) is 16.1. The third-order valence-corrected chi connectivity index (χ3v) is 4.82. The van der Waals surface area contributed by atoms with E-state index in [9.17, 15) is 4.79 Å². The van der Waals surface area contributed by atoms with Crippen LogP contribution in [0.15, 0.2) is 54.6 Å². The fourth-order valence-corrected chi connectivity index (χ4v) is 3.15. The number of likely N-dealkylation sites (N-methyl/N-ethyl adjacent to an activating group) is 1. The summed E-state index contributed by atoms with van der Waals surface area (Å²) in [7, 11) is 2.04. The van der Waals surface area contributed by atoms with Crippen molar-refractivity contribution < 1.29 is 4.79 Å². The molecule has 1 amide bonds. The van der Waals surface area contributed by atoms with Gasteiger partial charge in [-0.05, 0) is 50.1 Å². The Hall–Kier alpha value is -1.97. The Kier molecular flexibility index (Phi) is 5.81. The lowest BCUT2D eigenvalue weighted by molar-refractivity contribution is -0.111. The normalized spacial score (nSPS) is 16.8. The number of fused-ring (bicyclic) bond motifs is 1. The molecule has 0 aliphatic carbocycles. The number of nitrogens with one attached hydrogen (secondary N) is 1. The molecular formula is C20H22Cl2N2O. The summed E-state index contributed by atoms with van der Waals surface area (Å²) in [6.45, 7) is 4.38. The summed E-state index contributed by atoms with van der Waals surface area (Å²) in [5.74, 6) is -0.147. The third kappa shape index (κ3) is 4.17. The Morgan fingerprint density at radius 1 is 1.16 bits per heavy atom. The summed E-state index contributed by atoms with van der Waals surface area (Å²) in [4.78, 5) is 14.7. The number of hydrogen-bond donors (Lipinski definition) is 1.